The third-order valence-corrected chi connectivity index (χ3v) is 3.76. The highest BCUT2D eigenvalue weighted by Gasteiger charge is 2.31. The molecule has 1 fully saturated rings. The molecule has 1 amide bonds. The molecule has 0 saturated heterocycles. The van der Waals surface area contributed by atoms with Crippen molar-refractivity contribution in [2.45, 2.75) is 18.8 Å². The third kappa shape index (κ3) is 2.08. The van der Waals surface area contributed by atoms with Crippen LogP contribution < -0.4 is 5.32 Å². The van der Waals surface area contributed by atoms with E-state index in [9.17, 15) is 4.79 Å². The molecule has 0 radical (unpaired) electrons. The van der Waals surface area contributed by atoms with Gasteiger partial charge in [0, 0.05) is 18.7 Å². The van der Waals surface area contributed by atoms with Gasteiger partial charge in [-0.3, -0.25) is 4.79 Å². The van der Waals surface area contributed by atoms with Crippen LogP contribution in [-0.2, 0) is 7.05 Å². The van der Waals surface area contributed by atoms with Gasteiger partial charge in [0.05, 0.1) is 17.3 Å². The Morgan fingerprint density at radius 3 is 3.05 bits per heavy atom. The molecule has 0 aliphatic heterocycles. The molecule has 1 N–H and O–H groups in total. The van der Waals surface area contributed by atoms with Crippen LogP contribution >= 0.6 is 0 Å². The molecule has 6 heteroatoms. The molecule has 0 atom stereocenters. The summed E-state index contributed by atoms with van der Waals surface area (Å²) in [6.07, 6.45) is 3.77. The second kappa shape index (κ2) is 4.44. The highest BCUT2D eigenvalue weighted by atomic mass is 16.3. The van der Waals surface area contributed by atoms with Gasteiger partial charge < -0.3 is 9.73 Å². The quantitative estimate of drug-likeness (QED) is 0.801. The zero-order valence-corrected chi connectivity index (χ0v) is 11.5. The van der Waals surface area contributed by atoms with Gasteiger partial charge in [-0.05, 0) is 37.1 Å². The number of carbonyl (C=O) groups is 1. The molecule has 21 heavy (non-hydrogen) atoms. The van der Waals surface area contributed by atoms with E-state index >= 15 is 0 Å². The Morgan fingerprint density at radius 2 is 2.24 bits per heavy atom. The molecule has 4 rings (SSSR count). The summed E-state index contributed by atoms with van der Waals surface area (Å²) in [4.78, 5) is 12.4. The number of rotatable bonds is 3. The zero-order valence-electron chi connectivity index (χ0n) is 11.5. The fourth-order valence-electron chi connectivity index (χ4n) is 2.49. The number of furan rings is 1. The van der Waals surface area contributed by atoms with E-state index in [0.717, 1.165) is 29.6 Å². The lowest BCUT2D eigenvalue weighted by atomic mass is 10.1. The van der Waals surface area contributed by atoms with Crippen LogP contribution in [-0.4, -0.2) is 20.9 Å². The topological polar surface area (TPSA) is 73.0 Å². The van der Waals surface area contributed by atoms with E-state index in [1.165, 1.54) is 0 Å². The molecule has 0 spiro atoms. The molecule has 2 heterocycles. The minimum absolute atomic E-state index is 0.145. The first-order chi connectivity index (χ1) is 10.2. The standard InChI is InChI=1S/C15H14N4O2/c1-19-13-5-4-10(8-12(13)17-18-19)16-15(20)11-6-7-21-14(11)9-2-3-9/h4-9H,2-3H2,1H3,(H,16,20). The number of benzene rings is 1. The molecule has 1 aromatic carbocycles. The van der Waals surface area contributed by atoms with Gasteiger partial charge in [0.15, 0.2) is 0 Å². The highest BCUT2D eigenvalue weighted by molar-refractivity contribution is 6.05. The molecule has 1 saturated carbocycles. The monoisotopic (exact) mass is 282 g/mol. The molecular formula is C15H14N4O2. The molecule has 0 unspecified atom stereocenters. The van der Waals surface area contributed by atoms with Gasteiger partial charge in [-0.25, -0.2) is 4.68 Å². The molecule has 1 aliphatic rings. The van der Waals surface area contributed by atoms with Crippen LogP contribution in [0.15, 0.2) is 34.9 Å². The van der Waals surface area contributed by atoms with Gasteiger partial charge >= 0.3 is 0 Å². The Morgan fingerprint density at radius 1 is 1.38 bits per heavy atom. The summed E-state index contributed by atoms with van der Waals surface area (Å²) in [6, 6.07) is 7.28. The SMILES string of the molecule is Cn1nnc2cc(NC(=O)c3ccoc3C3CC3)ccc21. The van der Waals surface area contributed by atoms with Crippen LogP contribution in [0, 0.1) is 0 Å². The van der Waals surface area contributed by atoms with Crippen LogP contribution in [0.1, 0.15) is 34.9 Å². The van der Waals surface area contributed by atoms with Gasteiger partial charge in [0.25, 0.3) is 5.91 Å². The summed E-state index contributed by atoms with van der Waals surface area (Å²) >= 11 is 0. The maximum atomic E-state index is 12.4. The minimum atomic E-state index is -0.145. The first-order valence-electron chi connectivity index (χ1n) is 6.90. The van der Waals surface area contributed by atoms with Gasteiger partial charge in [-0.15, -0.1) is 5.10 Å². The van der Waals surface area contributed by atoms with Crippen molar-refractivity contribution in [3.05, 3.63) is 41.9 Å². The van der Waals surface area contributed by atoms with Crippen molar-refractivity contribution in [3.63, 3.8) is 0 Å². The number of nitrogens with one attached hydrogen (secondary N) is 1. The van der Waals surface area contributed by atoms with Crippen molar-refractivity contribution in [1.82, 2.24) is 15.0 Å². The largest absolute Gasteiger partial charge is 0.468 e. The smallest absolute Gasteiger partial charge is 0.259 e. The van der Waals surface area contributed by atoms with E-state index < -0.39 is 0 Å². The maximum Gasteiger partial charge on any atom is 0.259 e. The van der Waals surface area contributed by atoms with Crippen molar-refractivity contribution in [2.24, 2.45) is 7.05 Å². The Balaban J connectivity index is 1.61. The highest BCUT2D eigenvalue weighted by Crippen LogP contribution is 2.42. The number of nitrogens with zero attached hydrogens (tertiary/aromatic N) is 3. The number of hydrogen-bond donors (Lipinski definition) is 1. The first-order valence-corrected chi connectivity index (χ1v) is 6.90. The first kappa shape index (κ1) is 12.1. The van der Waals surface area contributed by atoms with Crippen LogP contribution in [0.3, 0.4) is 0 Å². The third-order valence-electron chi connectivity index (χ3n) is 3.76. The number of aromatic nitrogens is 3. The fraction of sp³-hybridized carbons (Fsp3) is 0.267. The van der Waals surface area contributed by atoms with E-state index in [4.69, 9.17) is 4.42 Å². The Kier molecular flexibility index (Phi) is 2.57. The molecule has 0 bridgehead atoms. The normalized spacial score (nSPS) is 14.5. The van der Waals surface area contributed by atoms with E-state index in [1.54, 1.807) is 17.0 Å². The molecule has 6 nitrogen and oxygen atoms in total. The van der Waals surface area contributed by atoms with Gasteiger partial charge in [0.2, 0.25) is 0 Å². The van der Waals surface area contributed by atoms with Crippen LogP contribution in [0.25, 0.3) is 11.0 Å². The number of fused-ring (bicyclic) bond motifs is 1. The lowest BCUT2D eigenvalue weighted by molar-refractivity contribution is 0.102. The summed E-state index contributed by atoms with van der Waals surface area (Å²) in [6.45, 7) is 0. The van der Waals surface area contributed by atoms with Crippen molar-refractivity contribution in [2.75, 3.05) is 5.32 Å². The lowest BCUT2D eigenvalue weighted by Gasteiger charge is -2.05. The summed E-state index contributed by atoms with van der Waals surface area (Å²) in [5, 5.41) is 10.9. The van der Waals surface area contributed by atoms with Crippen molar-refractivity contribution < 1.29 is 9.21 Å². The number of hydrogen-bond acceptors (Lipinski definition) is 4. The van der Waals surface area contributed by atoms with E-state index in [2.05, 4.69) is 15.6 Å². The molecular weight excluding hydrogens is 268 g/mol. The average molecular weight is 282 g/mol. The Hall–Kier alpha value is -2.63. The van der Waals surface area contributed by atoms with Crippen LogP contribution in [0.4, 0.5) is 5.69 Å². The second-order valence-corrected chi connectivity index (χ2v) is 5.34. The lowest BCUT2D eigenvalue weighted by Crippen LogP contribution is -2.12. The summed E-state index contributed by atoms with van der Waals surface area (Å²) in [7, 11) is 1.83. The van der Waals surface area contributed by atoms with Gasteiger partial charge in [0.1, 0.15) is 11.3 Å². The number of anilines is 1. The average Bonchev–Trinajstić information content (AvgIpc) is 3.09. The summed E-state index contributed by atoms with van der Waals surface area (Å²) < 4.78 is 7.13. The van der Waals surface area contributed by atoms with E-state index in [1.807, 2.05) is 25.2 Å². The van der Waals surface area contributed by atoms with E-state index in [0.29, 0.717) is 17.2 Å². The Labute approximate surface area is 120 Å². The molecule has 1 aliphatic carbocycles. The maximum absolute atomic E-state index is 12.4. The number of amides is 1. The van der Waals surface area contributed by atoms with Crippen molar-refractivity contribution in [3.8, 4) is 0 Å². The van der Waals surface area contributed by atoms with Gasteiger partial charge in [-0.1, -0.05) is 5.21 Å². The molecule has 2 aromatic heterocycles. The fourth-order valence-corrected chi connectivity index (χ4v) is 2.49. The second-order valence-electron chi connectivity index (χ2n) is 5.34. The Bertz CT molecular complexity index is 829. The van der Waals surface area contributed by atoms with Crippen molar-refractivity contribution in [1.29, 1.82) is 0 Å². The number of aryl methyl sites for hydroxylation is 1. The van der Waals surface area contributed by atoms with Crippen LogP contribution in [0.5, 0.6) is 0 Å². The van der Waals surface area contributed by atoms with E-state index in [-0.39, 0.29) is 5.91 Å². The molecule has 106 valence electrons. The van der Waals surface area contributed by atoms with Gasteiger partial charge in [-0.2, -0.15) is 0 Å². The molecule has 3 aromatic rings. The zero-order chi connectivity index (χ0) is 14.4. The summed E-state index contributed by atoms with van der Waals surface area (Å²) in [5.41, 5.74) is 3.01. The van der Waals surface area contributed by atoms with Crippen molar-refractivity contribution >= 4 is 22.6 Å². The summed E-state index contributed by atoms with van der Waals surface area (Å²) in [5.74, 6) is 1.06. The number of carbonyl (C=O) groups excluding carboxylic acids is 1. The predicted molar refractivity (Wildman–Crippen MR) is 77.1 cm³/mol. The minimum Gasteiger partial charge on any atom is -0.468 e. The predicted octanol–water partition coefficient (Wildman–Crippen LogP) is 2.69. The van der Waals surface area contributed by atoms with Crippen LogP contribution in [0.2, 0.25) is 0 Å².